The highest BCUT2D eigenvalue weighted by Gasteiger charge is 2.07. The lowest BCUT2D eigenvalue weighted by Crippen LogP contribution is -1.88. The monoisotopic (exact) mass is 338 g/mol. The molecule has 0 amide bonds. The average molecular weight is 338 g/mol. The Labute approximate surface area is 157 Å². The summed E-state index contributed by atoms with van der Waals surface area (Å²) < 4.78 is 0. The molecule has 0 heterocycles. The summed E-state index contributed by atoms with van der Waals surface area (Å²) in [6, 6.07) is 27.6. The van der Waals surface area contributed by atoms with Crippen LogP contribution in [0.25, 0.3) is 27.8 Å². The van der Waals surface area contributed by atoms with Crippen molar-refractivity contribution in [2.75, 3.05) is 0 Å². The normalized spacial score (nSPS) is 10.5. The van der Waals surface area contributed by atoms with Crippen molar-refractivity contribution in [1.29, 1.82) is 0 Å². The number of benzene rings is 3. The molecule has 3 rings (SSSR count). The number of allylic oxidation sites excluding steroid dienone is 4. The van der Waals surface area contributed by atoms with Crippen LogP contribution < -0.4 is 0 Å². The van der Waals surface area contributed by atoms with Crippen LogP contribution in [-0.4, -0.2) is 0 Å². The highest BCUT2D eigenvalue weighted by Crippen LogP contribution is 2.31. The second-order valence-electron chi connectivity index (χ2n) is 5.59. The van der Waals surface area contributed by atoms with Gasteiger partial charge in [0.05, 0.1) is 0 Å². The molecule has 130 valence electrons. The van der Waals surface area contributed by atoms with Gasteiger partial charge in [-0.1, -0.05) is 106 Å². The molecular weight excluding hydrogens is 312 g/mol. The van der Waals surface area contributed by atoms with E-state index in [-0.39, 0.29) is 0 Å². The first-order valence-electron chi connectivity index (χ1n) is 9.03. The Morgan fingerprint density at radius 3 is 1.50 bits per heavy atom. The SMILES string of the molecule is C=C/C=C(\C=C)c1cc(-c2ccccc2)cc(-c2ccccc2)c1.CC. The lowest BCUT2D eigenvalue weighted by Gasteiger charge is -2.11. The van der Waals surface area contributed by atoms with Crippen molar-refractivity contribution in [2.24, 2.45) is 0 Å². The summed E-state index contributed by atoms with van der Waals surface area (Å²) in [7, 11) is 0. The minimum absolute atomic E-state index is 1.07. The van der Waals surface area contributed by atoms with E-state index in [0.717, 1.165) is 11.1 Å². The fraction of sp³-hybridized carbons (Fsp3) is 0.0769. The summed E-state index contributed by atoms with van der Waals surface area (Å²) in [6.45, 7) is 11.8. The fourth-order valence-corrected chi connectivity index (χ4v) is 2.80. The molecule has 26 heavy (non-hydrogen) atoms. The van der Waals surface area contributed by atoms with Gasteiger partial charge >= 0.3 is 0 Å². The van der Waals surface area contributed by atoms with Crippen LogP contribution in [0.3, 0.4) is 0 Å². The van der Waals surface area contributed by atoms with E-state index < -0.39 is 0 Å². The highest BCUT2D eigenvalue weighted by molar-refractivity contribution is 5.83. The van der Waals surface area contributed by atoms with E-state index in [0.29, 0.717) is 0 Å². The van der Waals surface area contributed by atoms with Gasteiger partial charge in [0.15, 0.2) is 0 Å². The van der Waals surface area contributed by atoms with Gasteiger partial charge in [-0.3, -0.25) is 0 Å². The molecule has 0 aliphatic rings. The zero-order valence-corrected chi connectivity index (χ0v) is 15.7. The smallest absolute Gasteiger partial charge is 0.0172 e. The number of hydrogen-bond acceptors (Lipinski definition) is 0. The Kier molecular flexibility index (Phi) is 7.39. The van der Waals surface area contributed by atoms with Gasteiger partial charge in [-0.25, -0.2) is 0 Å². The molecular formula is C26H26. The summed E-state index contributed by atoms with van der Waals surface area (Å²) in [5, 5.41) is 0. The van der Waals surface area contributed by atoms with Gasteiger partial charge < -0.3 is 0 Å². The molecule has 0 aromatic heterocycles. The maximum absolute atomic E-state index is 3.94. The minimum atomic E-state index is 1.07. The molecule has 0 radical (unpaired) electrons. The van der Waals surface area contributed by atoms with Crippen molar-refractivity contribution in [3.8, 4) is 22.3 Å². The molecule has 3 aromatic carbocycles. The first-order valence-corrected chi connectivity index (χ1v) is 9.03. The quantitative estimate of drug-likeness (QED) is 0.416. The molecule has 0 fully saturated rings. The molecule has 0 aliphatic carbocycles. The van der Waals surface area contributed by atoms with Gasteiger partial charge in [0.25, 0.3) is 0 Å². The molecule has 0 spiro atoms. The van der Waals surface area contributed by atoms with Gasteiger partial charge in [-0.05, 0) is 51.6 Å². The van der Waals surface area contributed by atoms with E-state index in [9.17, 15) is 0 Å². The zero-order valence-electron chi connectivity index (χ0n) is 15.7. The molecule has 0 nitrogen and oxygen atoms in total. The van der Waals surface area contributed by atoms with Crippen LogP contribution in [0.5, 0.6) is 0 Å². The molecule has 0 heteroatoms. The van der Waals surface area contributed by atoms with Crippen molar-refractivity contribution >= 4 is 5.57 Å². The first-order chi connectivity index (χ1) is 12.8. The molecule has 0 atom stereocenters. The Bertz CT molecular complexity index is 811. The van der Waals surface area contributed by atoms with E-state index in [1.807, 2.05) is 38.1 Å². The third kappa shape index (κ3) is 4.70. The van der Waals surface area contributed by atoms with E-state index in [2.05, 4.69) is 79.9 Å². The van der Waals surface area contributed by atoms with Crippen LogP contribution in [0, 0.1) is 0 Å². The lowest BCUT2D eigenvalue weighted by atomic mass is 9.93. The van der Waals surface area contributed by atoms with Crippen molar-refractivity contribution in [2.45, 2.75) is 13.8 Å². The topological polar surface area (TPSA) is 0 Å². The Balaban J connectivity index is 0.00000117. The Hall–Kier alpha value is -3.12. The van der Waals surface area contributed by atoms with E-state index in [1.165, 1.54) is 22.3 Å². The fourth-order valence-electron chi connectivity index (χ4n) is 2.80. The van der Waals surface area contributed by atoms with Crippen LogP contribution in [0.2, 0.25) is 0 Å². The summed E-state index contributed by atoms with van der Waals surface area (Å²) in [6.07, 6.45) is 5.67. The van der Waals surface area contributed by atoms with Crippen LogP contribution in [0.1, 0.15) is 19.4 Å². The van der Waals surface area contributed by atoms with E-state index in [4.69, 9.17) is 0 Å². The third-order valence-electron chi connectivity index (χ3n) is 4.00. The van der Waals surface area contributed by atoms with E-state index >= 15 is 0 Å². The van der Waals surface area contributed by atoms with Crippen LogP contribution in [0.4, 0.5) is 0 Å². The minimum Gasteiger partial charge on any atom is -0.0990 e. The largest absolute Gasteiger partial charge is 0.0990 e. The van der Waals surface area contributed by atoms with Gasteiger partial charge in [0.2, 0.25) is 0 Å². The molecule has 0 N–H and O–H groups in total. The summed E-state index contributed by atoms with van der Waals surface area (Å²) in [5.74, 6) is 0. The Morgan fingerprint density at radius 1 is 0.654 bits per heavy atom. The second kappa shape index (κ2) is 10.0. The average Bonchev–Trinajstić information content (AvgIpc) is 2.74. The Morgan fingerprint density at radius 2 is 1.12 bits per heavy atom. The van der Waals surface area contributed by atoms with E-state index in [1.54, 1.807) is 6.08 Å². The first kappa shape index (κ1) is 19.2. The van der Waals surface area contributed by atoms with Crippen LogP contribution in [-0.2, 0) is 0 Å². The zero-order chi connectivity index (χ0) is 18.8. The number of rotatable bonds is 5. The van der Waals surface area contributed by atoms with Gasteiger partial charge in [0.1, 0.15) is 0 Å². The summed E-state index contributed by atoms with van der Waals surface area (Å²) in [5.41, 5.74) is 7.02. The van der Waals surface area contributed by atoms with Crippen LogP contribution in [0.15, 0.2) is 110 Å². The summed E-state index contributed by atoms with van der Waals surface area (Å²) >= 11 is 0. The predicted octanol–water partition coefficient (Wildman–Crippen LogP) is 7.80. The van der Waals surface area contributed by atoms with Gasteiger partial charge in [-0.2, -0.15) is 0 Å². The van der Waals surface area contributed by atoms with Gasteiger partial charge in [-0.15, -0.1) is 0 Å². The lowest BCUT2D eigenvalue weighted by molar-refractivity contribution is 1.50. The van der Waals surface area contributed by atoms with Crippen molar-refractivity contribution in [3.05, 3.63) is 116 Å². The maximum Gasteiger partial charge on any atom is -0.0172 e. The molecule has 0 saturated heterocycles. The van der Waals surface area contributed by atoms with Crippen molar-refractivity contribution in [1.82, 2.24) is 0 Å². The third-order valence-corrected chi connectivity index (χ3v) is 4.00. The highest BCUT2D eigenvalue weighted by atomic mass is 14.1. The molecule has 0 saturated carbocycles. The molecule has 3 aromatic rings. The molecule has 0 bridgehead atoms. The van der Waals surface area contributed by atoms with Crippen LogP contribution >= 0.6 is 0 Å². The van der Waals surface area contributed by atoms with Gasteiger partial charge in [0, 0.05) is 0 Å². The molecule has 0 unspecified atom stereocenters. The number of hydrogen-bond donors (Lipinski definition) is 0. The van der Waals surface area contributed by atoms with Crippen molar-refractivity contribution in [3.63, 3.8) is 0 Å². The molecule has 0 aliphatic heterocycles. The predicted molar refractivity (Wildman–Crippen MR) is 117 cm³/mol. The maximum atomic E-state index is 3.94. The summed E-state index contributed by atoms with van der Waals surface area (Å²) in [4.78, 5) is 0. The standard InChI is InChI=1S/C24H20.C2H6/c1-3-11-19(4-2)22-16-23(20-12-7-5-8-13-20)18-24(17-22)21-14-9-6-10-15-21;1-2/h3-18H,1-2H2;1-2H3/b19-11+;. The van der Waals surface area contributed by atoms with Crippen molar-refractivity contribution < 1.29 is 0 Å². The second-order valence-corrected chi connectivity index (χ2v) is 5.59.